The highest BCUT2D eigenvalue weighted by atomic mass is 32.2. The SMILES string of the molecule is CC1(C)S[C@@H]2[C@@H](C(O)c3ccco3)C(=O)N2[C@H]1C#N. The van der Waals surface area contributed by atoms with Crippen LogP contribution in [0.4, 0.5) is 0 Å². The second-order valence-corrected chi connectivity index (χ2v) is 7.15. The first-order valence-electron chi connectivity index (χ1n) is 6.08. The number of carbonyl (C=O) groups is 1. The fourth-order valence-corrected chi connectivity index (χ4v) is 4.44. The van der Waals surface area contributed by atoms with Crippen molar-refractivity contribution in [1.82, 2.24) is 4.90 Å². The van der Waals surface area contributed by atoms with Gasteiger partial charge in [0, 0.05) is 4.75 Å². The molecule has 2 saturated heterocycles. The highest BCUT2D eigenvalue weighted by Crippen LogP contribution is 2.55. The zero-order chi connectivity index (χ0) is 13.8. The van der Waals surface area contributed by atoms with Crippen molar-refractivity contribution in [2.75, 3.05) is 0 Å². The van der Waals surface area contributed by atoms with Crippen molar-refractivity contribution < 1.29 is 14.3 Å². The molecule has 0 radical (unpaired) electrons. The lowest BCUT2D eigenvalue weighted by molar-refractivity contribution is -0.159. The molecule has 5 nitrogen and oxygen atoms in total. The summed E-state index contributed by atoms with van der Waals surface area (Å²) >= 11 is 1.57. The fourth-order valence-electron chi connectivity index (χ4n) is 2.77. The summed E-state index contributed by atoms with van der Waals surface area (Å²) in [5.74, 6) is -0.288. The summed E-state index contributed by atoms with van der Waals surface area (Å²) < 4.78 is 4.85. The van der Waals surface area contributed by atoms with Gasteiger partial charge in [0.05, 0.1) is 17.7 Å². The van der Waals surface area contributed by atoms with Gasteiger partial charge in [-0.1, -0.05) is 0 Å². The quantitative estimate of drug-likeness (QED) is 0.830. The maximum Gasteiger partial charge on any atom is 0.233 e. The molecule has 0 aliphatic carbocycles. The molecular weight excluding hydrogens is 264 g/mol. The van der Waals surface area contributed by atoms with Crippen molar-refractivity contribution in [3.05, 3.63) is 24.2 Å². The summed E-state index contributed by atoms with van der Waals surface area (Å²) in [6.45, 7) is 3.90. The van der Waals surface area contributed by atoms with Crippen LogP contribution >= 0.6 is 11.8 Å². The van der Waals surface area contributed by atoms with E-state index in [0.717, 1.165) is 0 Å². The number of thioether (sulfide) groups is 1. The molecule has 2 aliphatic rings. The number of carbonyl (C=O) groups excluding carboxylic acids is 1. The van der Waals surface area contributed by atoms with Gasteiger partial charge in [-0.2, -0.15) is 5.26 Å². The topological polar surface area (TPSA) is 77.5 Å². The third kappa shape index (κ3) is 1.62. The van der Waals surface area contributed by atoms with Gasteiger partial charge in [-0.3, -0.25) is 4.79 Å². The number of β-lactam (4-membered cyclic amide) rings is 1. The molecular formula is C13H14N2O3S. The molecule has 0 bridgehead atoms. The van der Waals surface area contributed by atoms with E-state index < -0.39 is 18.1 Å². The van der Waals surface area contributed by atoms with Crippen LogP contribution in [0.25, 0.3) is 0 Å². The first kappa shape index (κ1) is 12.6. The molecule has 1 unspecified atom stereocenters. The smallest absolute Gasteiger partial charge is 0.233 e. The summed E-state index contributed by atoms with van der Waals surface area (Å²) in [4.78, 5) is 13.8. The van der Waals surface area contributed by atoms with E-state index in [-0.39, 0.29) is 16.0 Å². The number of hydrogen-bond donors (Lipinski definition) is 1. The molecule has 1 aromatic rings. The Morgan fingerprint density at radius 1 is 1.63 bits per heavy atom. The minimum atomic E-state index is -0.940. The van der Waals surface area contributed by atoms with Crippen LogP contribution in [0.2, 0.25) is 0 Å². The van der Waals surface area contributed by atoms with E-state index >= 15 is 0 Å². The molecule has 0 spiro atoms. The molecule has 19 heavy (non-hydrogen) atoms. The van der Waals surface area contributed by atoms with Crippen LogP contribution in [0.1, 0.15) is 25.7 Å². The van der Waals surface area contributed by atoms with Gasteiger partial charge in [0.15, 0.2) is 0 Å². The predicted molar refractivity (Wildman–Crippen MR) is 68.9 cm³/mol. The average molecular weight is 278 g/mol. The van der Waals surface area contributed by atoms with Crippen molar-refractivity contribution in [2.24, 2.45) is 5.92 Å². The molecule has 3 heterocycles. The van der Waals surface area contributed by atoms with E-state index in [0.29, 0.717) is 5.76 Å². The number of aliphatic hydroxyl groups is 1. The van der Waals surface area contributed by atoms with Crippen molar-refractivity contribution in [2.45, 2.75) is 36.1 Å². The molecule has 0 aromatic carbocycles. The number of amides is 1. The van der Waals surface area contributed by atoms with E-state index in [2.05, 4.69) is 6.07 Å². The summed E-state index contributed by atoms with van der Waals surface area (Å²) in [6, 6.07) is 5.10. The summed E-state index contributed by atoms with van der Waals surface area (Å²) in [5.41, 5.74) is 0. The Hall–Kier alpha value is -1.45. The van der Waals surface area contributed by atoms with E-state index in [4.69, 9.17) is 4.42 Å². The van der Waals surface area contributed by atoms with Crippen LogP contribution in [-0.2, 0) is 4.79 Å². The molecule has 2 aliphatic heterocycles. The largest absolute Gasteiger partial charge is 0.467 e. The highest BCUT2D eigenvalue weighted by molar-refractivity contribution is 8.01. The van der Waals surface area contributed by atoms with E-state index in [1.807, 2.05) is 13.8 Å². The van der Waals surface area contributed by atoms with Gasteiger partial charge in [-0.15, -0.1) is 11.8 Å². The average Bonchev–Trinajstić information content (AvgIpc) is 2.94. The maximum atomic E-state index is 12.2. The van der Waals surface area contributed by atoms with Gasteiger partial charge >= 0.3 is 0 Å². The Kier molecular flexibility index (Phi) is 2.66. The Morgan fingerprint density at radius 3 is 2.95 bits per heavy atom. The number of nitrogens with zero attached hydrogens (tertiary/aromatic N) is 2. The Morgan fingerprint density at radius 2 is 2.37 bits per heavy atom. The molecule has 1 aromatic heterocycles. The van der Waals surface area contributed by atoms with Gasteiger partial charge in [-0.25, -0.2) is 0 Å². The lowest BCUT2D eigenvalue weighted by Crippen LogP contribution is -2.61. The molecule has 1 N–H and O–H groups in total. The predicted octanol–water partition coefficient (Wildman–Crippen LogP) is 1.52. The zero-order valence-electron chi connectivity index (χ0n) is 10.6. The van der Waals surface area contributed by atoms with Crippen LogP contribution < -0.4 is 0 Å². The van der Waals surface area contributed by atoms with E-state index in [1.165, 1.54) is 6.26 Å². The second-order valence-electron chi connectivity index (χ2n) is 5.38. The van der Waals surface area contributed by atoms with Gasteiger partial charge in [-0.05, 0) is 26.0 Å². The van der Waals surface area contributed by atoms with Crippen LogP contribution in [0.5, 0.6) is 0 Å². The molecule has 4 atom stereocenters. The lowest BCUT2D eigenvalue weighted by atomic mass is 9.87. The summed E-state index contributed by atoms with van der Waals surface area (Å²) in [7, 11) is 0. The fraction of sp³-hybridized carbons (Fsp3) is 0.538. The van der Waals surface area contributed by atoms with Gasteiger partial charge in [0.1, 0.15) is 23.8 Å². The van der Waals surface area contributed by atoms with Crippen LogP contribution in [0, 0.1) is 17.2 Å². The minimum absolute atomic E-state index is 0.146. The standard InChI is InChI=1S/C13H14N2O3S/c1-13(2)8(6-14)15-11(17)9(12(15)19-13)10(16)7-4-3-5-18-7/h3-5,8-10,12,16H,1-2H3/t8-,9-,10?,12+/m0/s1. The zero-order valence-corrected chi connectivity index (χ0v) is 11.4. The maximum absolute atomic E-state index is 12.2. The third-order valence-electron chi connectivity index (χ3n) is 3.78. The number of rotatable bonds is 2. The van der Waals surface area contributed by atoms with Crippen molar-refractivity contribution in [3.63, 3.8) is 0 Å². The van der Waals surface area contributed by atoms with E-state index in [9.17, 15) is 15.2 Å². The molecule has 6 heteroatoms. The van der Waals surface area contributed by atoms with Gasteiger partial charge in [0.2, 0.25) is 5.91 Å². The Labute approximate surface area is 115 Å². The second kappa shape index (κ2) is 4.02. The molecule has 100 valence electrons. The van der Waals surface area contributed by atoms with Gasteiger partial charge in [0.25, 0.3) is 0 Å². The monoisotopic (exact) mass is 278 g/mol. The molecule has 2 fully saturated rings. The van der Waals surface area contributed by atoms with Crippen LogP contribution in [0.15, 0.2) is 22.8 Å². The minimum Gasteiger partial charge on any atom is -0.467 e. The Bertz CT molecular complexity index is 549. The van der Waals surface area contributed by atoms with Crippen molar-refractivity contribution >= 4 is 17.7 Å². The van der Waals surface area contributed by atoms with Crippen LogP contribution in [-0.4, -0.2) is 32.1 Å². The molecule has 0 saturated carbocycles. The van der Waals surface area contributed by atoms with Crippen LogP contribution in [0.3, 0.4) is 0 Å². The summed E-state index contributed by atoms with van der Waals surface area (Å²) in [5, 5.41) is 19.3. The van der Waals surface area contributed by atoms with Crippen molar-refractivity contribution in [1.29, 1.82) is 5.26 Å². The Balaban J connectivity index is 1.86. The normalized spacial score (nSPS) is 33.5. The van der Waals surface area contributed by atoms with E-state index in [1.54, 1.807) is 28.8 Å². The lowest BCUT2D eigenvalue weighted by Gasteiger charge is -2.44. The number of aliphatic hydroxyl groups excluding tert-OH is 1. The molecule has 1 amide bonds. The number of fused-ring (bicyclic) bond motifs is 1. The van der Waals surface area contributed by atoms with Crippen molar-refractivity contribution in [3.8, 4) is 6.07 Å². The third-order valence-corrected chi connectivity index (χ3v) is 5.37. The summed E-state index contributed by atoms with van der Waals surface area (Å²) in [6.07, 6.45) is 0.535. The number of hydrogen-bond acceptors (Lipinski definition) is 5. The van der Waals surface area contributed by atoms with Gasteiger partial charge < -0.3 is 14.4 Å². The molecule has 3 rings (SSSR count). The highest BCUT2D eigenvalue weighted by Gasteiger charge is 2.63. The first-order chi connectivity index (χ1) is 8.97. The number of furan rings is 1. The first-order valence-corrected chi connectivity index (χ1v) is 6.96. The number of nitriles is 1.